The number of hydrogen-bond donors (Lipinski definition) is 3. The van der Waals surface area contributed by atoms with Crippen molar-refractivity contribution in [2.24, 2.45) is 17.3 Å². The summed E-state index contributed by atoms with van der Waals surface area (Å²) in [4.78, 5) is 3.39. The Hall–Kier alpha value is -3.18. The minimum Gasteiger partial charge on any atom is -0.507 e. The van der Waals surface area contributed by atoms with E-state index in [1.807, 2.05) is 30.4 Å². The number of H-pyrrole nitrogens is 1. The van der Waals surface area contributed by atoms with Gasteiger partial charge in [-0.3, -0.25) is 0 Å². The van der Waals surface area contributed by atoms with Crippen LogP contribution in [0.2, 0.25) is 0 Å². The summed E-state index contributed by atoms with van der Waals surface area (Å²) in [5, 5.41) is 22.2. The summed E-state index contributed by atoms with van der Waals surface area (Å²) in [5.74, 6) is 2.46. The van der Waals surface area contributed by atoms with E-state index in [4.69, 9.17) is 9.47 Å². The highest BCUT2D eigenvalue weighted by Gasteiger charge is 2.54. The van der Waals surface area contributed by atoms with E-state index < -0.39 is 0 Å². The monoisotopic (exact) mass is 501 g/mol. The number of benzene rings is 2. The molecule has 2 aliphatic rings. The number of allylic oxidation sites excluding steroid dienone is 1. The van der Waals surface area contributed by atoms with Crippen LogP contribution >= 0.6 is 0 Å². The lowest BCUT2D eigenvalue weighted by molar-refractivity contribution is -0.138. The average molecular weight is 502 g/mol. The fraction of sp³-hybridized carbons (Fsp3) is 0.438. The molecule has 1 aliphatic carbocycles. The number of aliphatic hydroxyl groups excluding tert-OH is 1. The number of ether oxygens (including phenoxy) is 2. The molecule has 2 heterocycles. The summed E-state index contributed by atoms with van der Waals surface area (Å²) in [6.45, 7) is 10.8. The molecule has 37 heavy (non-hydrogen) atoms. The van der Waals surface area contributed by atoms with E-state index >= 15 is 0 Å². The van der Waals surface area contributed by atoms with Crippen LogP contribution in [-0.2, 0) is 6.42 Å². The Morgan fingerprint density at radius 1 is 1.05 bits per heavy atom. The van der Waals surface area contributed by atoms with Crippen molar-refractivity contribution in [3.05, 3.63) is 58.8 Å². The van der Waals surface area contributed by atoms with E-state index in [-0.39, 0.29) is 28.8 Å². The Balaban J connectivity index is 1.47. The van der Waals surface area contributed by atoms with Crippen LogP contribution in [0.1, 0.15) is 69.8 Å². The maximum absolute atomic E-state index is 10.7. The van der Waals surface area contributed by atoms with Crippen molar-refractivity contribution in [3.63, 3.8) is 0 Å². The molecule has 1 saturated carbocycles. The number of methoxy groups -OCH3 is 1. The van der Waals surface area contributed by atoms with Gasteiger partial charge in [-0.15, -0.1) is 0 Å². The van der Waals surface area contributed by atoms with Crippen LogP contribution in [0.5, 0.6) is 17.2 Å². The van der Waals surface area contributed by atoms with Crippen molar-refractivity contribution >= 4 is 29.1 Å². The van der Waals surface area contributed by atoms with Crippen LogP contribution in [0, 0.1) is 17.3 Å². The zero-order valence-corrected chi connectivity index (χ0v) is 22.8. The third-order valence-electron chi connectivity index (χ3n) is 8.43. The minimum absolute atomic E-state index is 0.200. The summed E-state index contributed by atoms with van der Waals surface area (Å²) in [6.07, 6.45) is 10.3. The highest BCUT2D eigenvalue weighted by atomic mass is 16.5. The first-order valence-corrected chi connectivity index (χ1v) is 13.3. The molecule has 196 valence electrons. The normalized spacial score (nSPS) is 25.0. The molecule has 1 aromatic heterocycles. The summed E-state index contributed by atoms with van der Waals surface area (Å²) in [6, 6.07) is 9.98. The Labute approximate surface area is 219 Å². The van der Waals surface area contributed by atoms with Gasteiger partial charge in [-0.25, -0.2) is 0 Å². The van der Waals surface area contributed by atoms with E-state index in [1.54, 1.807) is 13.2 Å². The number of hydrogen-bond acceptors (Lipinski definition) is 4. The van der Waals surface area contributed by atoms with Crippen molar-refractivity contribution < 1.29 is 19.7 Å². The van der Waals surface area contributed by atoms with Gasteiger partial charge in [0, 0.05) is 17.0 Å². The number of phenolic OH excluding ortho intramolecular Hbond substituents is 1. The predicted octanol–water partition coefficient (Wildman–Crippen LogP) is 7.21. The van der Waals surface area contributed by atoms with Crippen LogP contribution < -0.4 is 9.47 Å². The lowest BCUT2D eigenvalue weighted by atomic mass is 9.57. The molecule has 5 heteroatoms. The van der Waals surface area contributed by atoms with E-state index in [1.165, 1.54) is 0 Å². The fourth-order valence-corrected chi connectivity index (χ4v) is 6.18. The number of rotatable bonds is 5. The predicted molar refractivity (Wildman–Crippen MR) is 151 cm³/mol. The number of aromatic hydroxyl groups is 1. The van der Waals surface area contributed by atoms with Gasteiger partial charge in [0.1, 0.15) is 11.4 Å². The number of phenols is 1. The van der Waals surface area contributed by atoms with Crippen molar-refractivity contribution in [2.75, 3.05) is 7.11 Å². The van der Waals surface area contributed by atoms with Crippen LogP contribution in [0.4, 0.5) is 0 Å². The standard InChI is InChI=1S/C32H39NO4/c1-19(2)7-10-23-18-24-25(33-23)14-21(15-26(24)34)9-8-20-13-22-17-28-31(3,4)29(35)11-12-32(28,5)37-30(22)27(16-20)36-6/h7-10,13-16,18-19,28-29,33-35H,11-12,17H2,1-6H3/b9-8+,10-7+/t28-,29-,32-/m1/s1. The second kappa shape index (κ2) is 9.29. The van der Waals surface area contributed by atoms with E-state index in [0.29, 0.717) is 5.92 Å². The van der Waals surface area contributed by atoms with Gasteiger partial charge in [-0.05, 0) is 90.6 Å². The second-order valence-corrected chi connectivity index (χ2v) is 11.9. The van der Waals surface area contributed by atoms with Crippen LogP contribution in [0.3, 0.4) is 0 Å². The lowest BCUT2D eigenvalue weighted by Crippen LogP contribution is -2.58. The van der Waals surface area contributed by atoms with Gasteiger partial charge in [0.25, 0.3) is 0 Å². The summed E-state index contributed by atoms with van der Waals surface area (Å²) in [5.41, 5.74) is 4.32. The van der Waals surface area contributed by atoms with Gasteiger partial charge in [-0.2, -0.15) is 0 Å². The van der Waals surface area contributed by atoms with Gasteiger partial charge in [0.2, 0.25) is 0 Å². The molecule has 1 aliphatic heterocycles. The molecule has 2 aromatic carbocycles. The Morgan fingerprint density at radius 3 is 2.49 bits per heavy atom. The third-order valence-corrected chi connectivity index (χ3v) is 8.43. The maximum Gasteiger partial charge on any atom is 0.165 e. The molecule has 5 rings (SSSR count). The van der Waals surface area contributed by atoms with Crippen molar-refractivity contribution in [2.45, 2.75) is 65.6 Å². The molecular weight excluding hydrogens is 462 g/mol. The molecule has 0 amide bonds. The molecule has 0 radical (unpaired) electrons. The van der Waals surface area contributed by atoms with Crippen molar-refractivity contribution in [3.8, 4) is 17.2 Å². The molecule has 1 fully saturated rings. The molecule has 3 aromatic rings. The largest absolute Gasteiger partial charge is 0.507 e. The van der Waals surface area contributed by atoms with Crippen LogP contribution in [-0.4, -0.2) is 34.0 Å². The molecule has 0 spiro atoms. The smallest absolute Gasteiger partial charge is 0.165 e. The fourth-order valence-electron chi connectivity index (χ4n) is 6.18. The minimum atomic E-state index is -0.335. The number of aromatic nitrogens is 1. The number of nitrogens with one attached hydrogen (secondary N) is 1. The van der Waals surface area contributed by atoms with Crippen molar-refractivity contribution in [1.82, 2.24) is 4.98 Å². The van der Waals surface area contributed by atoms with Crippen LogP contribution in [0.25, 0.3) is 29.1 Å². The van der Waals surface area contributed by atoms with Gasteiger partial charge in [0.15, 0.2) is 11.5 Å². The lowest BCUT2D eigenvalue weighted by Gasteiger charge is -2.55. The molecule has 0 bridgehead atoms. The maximum atomic E-state index is 10.7. The second-order valence-electron chi connectivity index (χ2n) is 11.9. The SMILES string of the molecule is COc1cc(/C=C/c2cc(O)c3cc(/C=C/C(C)C)[nH]c3c2)cc2c1O[C@]1(C)CC[C@@H](O)C(C)(C)[C@H]1C2. The highest BCUT2D eigenvalue weighted by molar-refractivity contribution is 5.91. The first kappa shape index (κ1) is 25.5. The first-order chi connectivity index (χ1) is 17.5. The number of aromatic amines is 1. The molecule has 0 unspecified atom stereocenters. The third kappa shape index (κ3) is 4.66. The van der Waals surface area contributed by atoms with E-state index in [0.717, 1.165) is 64.0 Å². The van der Waals surface area contributed by atoms with Crippen LogP contribution in [0.15, 0.2) is 36.4 Å². The van der Waals surface area contributed by atoms with E-state index in [2.05, 4.69) is 57.8 Å². The zero-order chi connectivity index (χ0) is 26.5. The first-order valence-electron chi connectivity index (χ1n) is 13.3. The van der Waals surface area contributed by atoms with E-state index in [9.17, 15) is 10.2 Å². The number of aliphatic hydroxyl groups is 1. The van der Waals surface area contributed by atoms with Gasteiger partial charge in [0.05, 0.1) is 18.7 Å². The van der Waals surface area contributed by atoms with Gasteiger partial charge in [-0.1, -0.05) is 45.9 Å². The highest BCUT2D eigenvalue weighted by Crippen LogP contribution is 2.55. The molecule has 5 nitrogen and oxygen atoms in total. The zero-order valence-electron chi connectivity index (χ0n) is 22.8. The topological polar surface area (TPSA) is 74.7 Å². The summed E-state index contributed by atoms with van der Waals surface area (Å²) < 4.78 is 12.4. The average Bonchev–Trinajstić information content (AvgIpc) is 3.27. The number of fused-ring (bicyclic) bond motifs is 3. The summed E-state index contributed by atoms with van der Waals surface area (Å²) >= 11 is 0. The van der Waals surface area contributed by atoms with Gasteiger partial charge >= 0.3 is 0 Å². The molecule has 3 atom stereocenters. The molecular formula is C32H39NO4. The summed E-state index contributed by atoms with van der Waals surface area (Å²) in [7, 11) is 1.68. The quantitative estimate of drug-likeness (QED) is 0.323. The Morgan fingerprint density at radius 2 is 1.78 bits per heavy atom. The Kier molecular flexibility index (Phi) is 6.39. The van der Waals surface area contributed by atoms with Crippen molar-refractivity contribution in [1.29, 1.82) is 0 Å². The molecule has 3 N–H and O–H groups in total. The van der Waals surface area contributed by atoms with Gasteiger partial charge < -0.3 is 24.7 Å². The molecule has 0 saturated heterocycles. The Bertz CT molecular complexity index is 1380.